The SMILES string of the molecule is O=c1cc(-c2ccc(Nc3ccc(S(=O)(=O)N4CCOCC4)nc3)c3ncnn23)cc[nH]1.O=c1cc(-c2ccc(Nc3cnc(S(=O)(=O)N4CCCCC4)nc3)c3ncnn23)cc[nH]1. The van der Waals surface area contributed by atoms with Gasteiger partial charge in [0.05, 0.1) is 65.9 Å². The van der Waals surface area contributed by atoms with Crippen molar-refractivity contribution in [3.8, 4) is 22.5 Å². The standard InChI is InChI=1S/C20H20N8O3S.C20H19N7O4S/c29-18-10-14(6-7-21-18)17-5-4-16(19-24-13-25-28(17)19)26-15-11-22-20(23-12-15)32(30,31)27-8-2-1-3-9-27;28-18-11-14(5-6-21-18)17-3-2-16(20-23-13-24-27(17)20)25-15-1-4-19(22-12-15)32(29,30)26-7-9-31-10-8-26/h4-7,10-13,26H,1-3,8-9H2,(H,21,29);1-6,11-13,25H,7-10H2,(H,21,28). The van der Waals surface area contributed by atoms with Gasteiger partial charge in [-0.25, -0.2) is 50.8 Å². The Hall–Kier alpha value is -7.25. The molecule has 2 saturated heterocycles. The van der Waals surface area contributed by atoms with Crippen LogP contribution in [0.5, 0.6) is 0 Å². The molecular formula is C40H39N15O7S2. The lowest BCUT2D eigenvalue weighted by Crippen LogP contribution is -2.40. The summed E-state index contributed by atoms with van der Waals surface area (Å²) in [5.41, 5.74) is 5.87. The Bertz CT molecular complexity index is 3070. The quantitative estimate of drug-likeness (QED) is 0.144. The highest BCUT2D eigenvalue weighted by Gasteiger charge is 2.29. The van der Waals surface area contributed by atoms with Crippen molar-refractivity contribution in [1.29, 1.82) is 0 Å². The Balaban J connectivity index is 0.000000162. The third-order valence-electron chi connectivity index (χ3n) is 10.4. The van der Waals surface area contributed by atoms with Gasteiger partial charge in [-0.3, -0.25) is 9.59 Å². The number of H-pyrrole nitrogens is 2. The largest absolute Gasteiger partial charge is 0.379 e. The lowest BCUT2D eigenvalue weighted by atomic mass is 10.1. The van der Waals surface area contributed by atoms with E-state index < -0.39 is 20.0 Å². The van der Waals surface area contributed by atoms with E-state index >= 15 is 0 Å². The molecule has 328 valence electrons. The number of aromatic amines is 2. The average Bonchev–Trinajstić information content (AvgIpc) is 4.03. The molecule has 4 N–H and O–H groups in total. The van der Waals surface area contributed by atoms with Crippen LogP contribution < -0.4 is 21.8 Å². The van der Waals surface area contributed by atoms with Crippen molar-refractivity contribution in [2.75, 3.05) is 50.0 Å². The van der Waals surface area contributed by atoms with E-state index in [4.69, 9.17) is 4.74 Å². The second-order valence-electron chi connectivity index (χ2n) is 14.5. The zero-order valence-corrected chi connectivity index (χ0v) is 35.4. The summed E-state index contributed by atoms with van der Waals surface area (Å²) in [6, 6.07) is 16.9. The van der Waals surface area contributed by atoms with E-state index in [-0.39, 0.29) is 21.3 Å². The summed E-state index contributed by atoms with van der Waals surface area (Å²) in [4.78, 5) is 49.4. The van der Waals surface area contributed by atoms with Crippen LogP contribution in [0.1, 0.15) is 19.3 Å². The molecule has 0 saturated carbocycles. The van der Waals surface area contributed by atoms with Crippen molar-refractivity contribution < 1.29 is 21.6 Å². The number of rotatable bonds is 10. The molecule has 0 radical (unpaired) electrons. The highest BCUT2D eigenvalue weighted by molar-refractivity contribution is 7.89. The summed E-state index contributed by atoms with van der Waals surface area (Å²) in [5.74, 6) is 0. The van der Waals surface area contributed by atoms with Crippen molar-refractivity contribution in [2.45, 2.75) is 29.4 Å². The number of ether oxygens (including phenoxy) is 1. The maximum absolute atomic E-state index is 12.7. The fourth-order valence-electron chi connectivity index (χ4n) is 7.23. The molecule has 10 rings (SSSR count). The molecule has 2 aliphatic rings. The summed E-state index contributed by atoms with van der Waals surface area (Å²) in [7, 11) is -7.35. The molecular weight excluding hydrogens is 867 g/mol. The molecule has 8 aromatic rings. The highest BCUT2D eigenvalue weighted by Crippen LogP contribution is 2.28. The molecule has 8 aromatic heterocycles. The Morgan fingerprint density at radius 2 is 1.09 bits per heavy atom. The third-order valence-corrected chi connectivity index (χ3v) is 13.9. The van der Waals surface area contributed by atoms with E-state index in [0.29, 0.717) is 96.0 Å². The Kier molecular flexibility index (Phi) is 11.7. The van der Waals surface area contributed by atoms with Crippen LogP contribution in [0.3, 0.4) is 0 Å². The van der Waals surface area contributed by atoms with Gasteiger partial charge in [0, 0.05) is 61.8 Å². The van der Waals surface area contributed by atoms with E-state index in [9.17, 15) is 26.4 Å². The van der Waals surface area contributed by atoms with E-state index in [1.165, 1.54) is 58.1 Å². The summed E-state index contributed by atoms with van der Waals surface area (Å²) in [5, 5.41) is 14.7. The van der Waals surface area contributed by atoms with Crippen molar-refractivity contribution in [1.82, 2.24) is 62.7 Å². The number of pyridine rings is 5. The molecule has 0 bridgehead atoms. The minimum absolute atomic E-state index is 0.0118. The first-order chi connectivity index (χ1) is 31.0. The lowest BCUT2D eigenvalue weighted by Gasteiger charge is -2.25. The number of hydrogen-bond acceptors (Lipinski definition) is 16. The highest BCUT2D eigenvalue weighted by atomic mass is 32.2. The van der Waals surface area contributed by atoms with Crippen LogP contribution in [0.2, 0.25) is 0 Å². The van der Waals surface area contributed by atoms with Crippen molar-refractivity contribution in [2.24, 2.45) is 0 Å². The summed E-state index contributed by atoms with van der Waals surface area (Å²) in [6.45, 7) is 2.37. The number of fused-ring (bicyclic) bond motifs is 2. The maximum atomic E-state index is 12.7. The fourth-order valence-corrected chi connectivity index (χ4v) is 9.89. The summed E-state index contributed by atoms with van der Waals surface area (Å²) >= 11 is 0. The van der Waals surface area contributed by atoms with Gasteiger partial charge in [0.1, 0.15) is 12.7 Å². The molecule has 24 heteroatoms. The number of hydrogen-bond donors (Lipinski definition) is 4. The number of morpholine rings is 1. The lowest BCUT2D eigenvalue weighted by molar-refractivity contribution is 0.0729. The van der Waals surface area contributed by atoms with Gasteiger partial charge in [-0.1, -0.05) is 6.42 Å². The van der Waals surface area contributed by atoms with Gasteiger partial charge in [0.25, 0.3) is 25.2 Å². The van der Waals surface area contributed by atoms with Gasteiger partial charge < -0.3 is 25.3 Å². The van der Waals surface area contributed by atoms with Gasteiger partial charge in [0.2, 0.25) is 11.1 Å². The number of sulfonamides is 2. The van der Waals surface area contributed by atoms with Gasteiger partial charge in [-0.15, -0.1) is 0 Å². The van der Waals surface area contributed by atoms with Gasteiger partial charge in [-0.2, -0.15) is 18.8 Å². The van der Waals surface area contributed by atoms with E-state index in [0.717, 1.165) is 19.3 Å². The van der Waals surface area contributed by atoms with Crippen LogP contribution in [0.15, 0.2) is 124 Å². The van der Waals surface area contributed by atoms with Crippen LogP contribution in [-0.2, 0) is 24.8 Å². The Labute approximate surface area is 364 Å². The van der Waals surface area contributed by atoms with Crippen LogP contribution in [0, 0.1) is 0 Å². The van der Waals surface area contributed by atoms with Gasteiger partial charge >= 0.3 is 0 Å². The zero-order chi connectivity index (χ0) is 44.3. The molecule has 0 spiro atoms. The Morgan fingerprint density at radius 1 is 0.562 bits per heavy atom. The maximum Gasteiger partial charge on any atom is 0.278 e. The van der Waals surface area contributed by atoms with Crippen LogP contribution >= 0.6 is 0 Å². The number of nitrogens with zero attached hydrogens (tertiary/aromatic N) is 11. The smallest absolute Gasteiger partial charge is 0.278 e. The van der Waals surface area contributed by atoms with E-state index in [1.807, 2.05) is 18.2 Å². The molecule has 0 aromatic carbocycles. The molecule has 22 nitrogen and oxygen atoms in total. The molecule has 0 unspecified atom stereocenters. The monoisotopic (exact) mass is 905 g/mol. The predicted molar refractivity (Wildman–Crippen MR) is 233 cm³/mol. The number of aromatic nitrogens is 11. The van der Waals surface area contributed by atoms with Crippen molar-refractivity contribution in [3.63, 3.8) is 0 Å². The molecule has 2 fully saturated rings. The molecule has 2 aliphatic heterocycles. The number of anilines is 4. The van der Waals surface area contributed by atoms with Crippen LogP contribution in [0.4, 0.5) is 22.7 Å². The molecule has 0 atom stereocenters. The minimum Gasteiger partial charge on any atom is -0.379 e. The first-order valence-electron chi connectivity index (χ1n) is 20.0. The zero-order valence-electron chi connectivity index (χ0n) is 33.8. The average molecular weight is 906 g/mol. The predicted octanol–water partition coefficient (Wildman–Crippen LogP) is 3.04. The Morgan fingerprint density at radius 3 is 1.62 bits per heavy atom. The normalized spacial score (nSPS) is 15.1. The van der Waals surface area contributed by atoms with E-state index in [1.54, 1.807) is 45.7 Å². The van der Waals surface area contributed by atoms with Gasteiger partial charge in [-0.05, 0) is 61.4 Å². The van der Waals surface area contributed by atoms with Crippen molar-refractivity contribution in [3.05, 3.63) is 125 Å². The second kappa shape index (κ2) is 17.9. The molecule has 0 amide bonds. The first-order valence-corrected chi connectivity index (χ1v) is 22.9. The topological polar surface area (TPSA) is 273 Å². The fraction of sp³-hybridized carbons (Fsp3) is 0.225. The number of piperidine rings is 1. The summed E-state index contributed by atoms with van der Waals surface area (Å²) < 4.78 is 62.2. The van der Waals surface area contributed by atoms with Gasteiger partial charge in [0.15, 0.2) is 16.3 Å². The van der Waals surface area contributed by atoms with E-state index in [2.05, 4.69) is 55.7 Å². The minimum atomic E-state index is -3.69. The second-order valence-corrected chi connectivity index (χ2v) is 18.2. The summed E-state index contributed by atoms with van der Waals surface area (Å²) in [6.07, 6.45) is 13.0. The number of nitrogens with one attached hydrogen (secondary N) is 4. The van der Waals surface area contributed by atoms with Crippen LogP contribution in [-0.4, -0.2) is 119 Å². The molecule has 0 aliphatic carbocycles. The first kappa shape index (κ1) is 42.1. The van der Waals surface area contributed by atoms with Crippen molar-refractivity contribution >= 4 is 54.1 Å². The molecule has 10 heterocycles. The van der Waals surface area contributed by atoms with Crippen LogP contribution in [0.25, 0.3) is 33.8 Å². The third kappa shape index (κ3) is 8.71. The molecule has 64 heavy (non-hydrogen) atoms.